The predicted molar refractivity (Wildman–Crippen MR) is 90.3 cm³/mol. The van der Waals surface area contributed by atoms with Crippen molar-refractivity contribution in [3.8, 4) is 0 Å². The van der Waals surface area contributed by atoms with Crippen LogP contribution in [0.5, 0.6) is 0 Å². The molecule has 5 rings (SSSR count). The Balaban J connectivity index is 1.40. The van der Waals surface area contributed by atoms with Gasteiger partial charge in [-0.3, -0.25) is 4.79 Å². The van der Waals surface area contributed by atoms with Gasteiger partial charge in [-0.1, -0.05) is 0 Å². The van der Waals surface area contributed by atoms with Crippen LogP contribution in [0.15, 0.2) is 18.2 Å². The number of carbonyl (C=O) groups is 2. The molecule has 0 aliphatic heterocycles. The molecule has 1 atom stereocenters. The first-order valence-corrected chi connectivity index (χ1v) is 9.31. The van der Waals surface area contributed by atoms with E-state index in [1.54, 1.807) is 0 Å². The Hall–Kier alpha value is -1.98. The van der Waals surface area contributed by atoms with E-state index in [0.29, 0.717) is 23.8 Å². The van der Waals surface area contributed by atoms with Crippen molar-refractivity contribution in [1.82, 2.24) is 5.32 Å². The summed E-state index contributed by atoms with van der Waals surface area (Å²) in [6.45, 7) is 1.49. The fraction of sp³-hybridized carbons (Fsp3) is 0.600. The van der Waals surface area contributed by atoms with Gasteiger partial charge in [-0.15, -0.1) is 0 Å². The van der Waals surface area contributed by atoms with E-state index >= 15 is 0 Å². The molecule has 0 saturated heterocycles. The molecule has 0 heterocycles. The number of esters is 1. The summed E-state index contributed by atoms with van der Waals surface area (Å²) in [4.78, 5) is 24.7. The maximum atomic E-state index is 13.2. The van der Waals surface area contributed by atoms with E-state index in [1.165, 1.54) is 26.2 Å². The average Bonchev–Trinajstić information content (AvgIpc) is 2.51. The second-order valence-corrected chi connectivity index (χ2v) is 8.39. The lowest BCUT2D eigenvalue weighted by Gasteiger charge is -2.57. The minimum atomic E-state index is -1.01. The van der Waals surface area contributed by atoms with Gasteiger partial charge in [0.25, 0.3) is 5.91 Å². The summed E-state index contributed by atoms with van der Waals surface area (Å²) in [7, 11) is 0. The first-order valence-electron chi connectivity index (χ1n) is 9.31. The summed E-state index contributed by atoms with van der Waals surface area (Å²) in [6, 6.07) is 2.48. The van der Waals surface area contributed by atoms with Gasteiger partial charge in [0.1, 0.15) is 11.6 Å². The van der Waals surface area contributed by atoms with Crippen LogP contribution in [0.2, 0.25) is 0 Å². The van der Waals surface area contributed by atoms with Crippen molar-refractivity contribution in [2.24, 2.45) is 17.8 Å². The standard InChI is InChI=1S/C20H23F2NO3/c1-11(26-19(25)15-5-16(21)7-17(22)6-15)18(24)23-20-8-12-2-13(9-20)4-14(3-12)10-20/h5-7,11-14H,2-4,8-10H2,1H3,(H,23,24)/t11-,12?,13?,14?,20?/m0/s1. The van der Waals surface area contributed by atoms with E-state index in [-0.39, 0.29) is 17.0 Å². The van der Waals surface area contributed by atoms with E-state index in [2.05, 4.69) is 5.32 Å². The highest BCUT2D eigenvalue weighted by atomic mass is 19.1. The SMILES string of the molecule is C[C@H](OC(=O)c1cc(F)cc(F)c1)C(=O)NC12CC3CC(CC(C3)C1)C2. The number of hydrogen-bond acceptors (Lipinski definition) is 3. The van der Waals surface area contributed by atoms with Crippen LogP contribution < -0.4 is 5.32 Å². The maximum absolute atomic E-state index is 13.2. The van der Waals surface area contributed by atoms with Crippen molar-refractivity contribution in [2.45, 2.75) is 57.1 Å². The van der Waals surface area contributed by atoms with Gasteiger partial charge in [0, 0.05) is 11.6 Å². The van der Waals surface area contributed by atoms with Crippen molar-refractivity contribution < 1.29 is 23.1 Å². The highest BCUT2D eigenvalue weighted by molar-refractivity contribution is 5.92. The Kier molecular flexibility index (Phi) is 4.24. The van der Waals surface area contributed by atoms with Crippen molar-refractivity contribution in [2.75, 3.05) is 0 Å². The monoisotopic (exact) mass is 363 g/mol. The number of ether oxygens (including phenoxy) is 1. The highest BCUT2D eigenvalue weighted by Gasteiger charge is 2.51. The highest BCUT2D eigenvalue weighted by Crippen LogP contribution is 2.55. The largest absolute Gasteiger partial charge is 0.449 e. The number of hydrogen-bond donors (Lipinski definition) is 1. The fourth-order valence-corrected chi connectivity index (χ4v) is 5.58. The average molecular weight is 363 g/mol. The Morgan fingerprint density at radius 3 is 2.04 bits per heavy atom. The Morgan fingerprint density at radius 2 is 1.54 bits per heavy atom. The molecule has 4 saturated carbocycles. The van der Waals surface area contributed by atoms with Gasteiger partial charge in [0.15, 0.2) is 6.10 Å². The third kappa shape index (κ3) is 3.33. The van der Waals surface area contributed by atoms with Gasteiger partial charge in [-0.2, -0.15) is 0 Å². The zero-order chi connectivity index (χ0) is 18.5. The Labute approximate surface area is 151 Å². The van der Waals surface area contributed by atoms with E-state index < -0.39 is 23.7 Å². The zero-order valence-corrected chi connectivity index (χ0v) is 14.8. The fourth-order valence-electron chi connectivity index (χ4n) is 5.58. The van der Waals surface area contributed by atoms with Gasteiger partial charge in [0.2, 0.25) is 0 Å². The topological polar surface area (TPSA) is 55.4 Å². The first-order chi connectivity index (χ1) is 12.3. The molecule has 1 amide bonds. The van der Waals surface area contributed by atoms with E-state index in [4.69, 9.17) is 4.74 Å². The van der Waals surface area contributed by atoms with Crippen molar-refractivity contribution >= 4 is 11.9 Å². The van der Waals surface area contributed by atoms with E-state index in [0.717, 1.165) is 31.4 Å². The summed E-state index contributed by atoms with van der Waals surface area (Å²) in [5.74, 6) is -0.891. The minimum absolute atomic E-state index is 0.169. The number of amides is 1. The summed E-state index contributed by atoms with van der Waals surface area (Å²) in [5, 5.41) is 3.14. The lowest BCUT2D eigenvalue weighted by molar-refractivity contribution is -0.134. The van der Waals surface area contributed by atoms with Gasteiger partial charge < -0.3 is 10.1 Å². The number of halogens is 2. The number of benzene rings is 1. The third-order valence-corrected chi connectivity index (χ3v) is 6.18. The van der Waals surface area contributed by atoms with Crippen LogP contribution >= 0.6 is 0 Å². The van der Waals surface area contributed by atoms with E-state index in [1.807, 2.05) is 0 Å². The third-order valence-electron chi connectivity index (χ3n) is 6.18. The number of carbonyl (C=O) groups excluding carboxylic acids is 2. The smallest absolute Gasteiger partial charge is 0.339 e. The maximum Gasteiger partial charge on any atom is 0.339 e. The minimum Gasteiger partial charge on any atom is -0.449 e. The van der Waals surface area contributed by atoms with Crippen LogP contribution in [0, 0.1) is 29.4 Å². The second-order valence-electron chi connectivity index (χ2n) is 8.39. The van der Waals surface area contributed by atoms with Gasteiger partial charge in [-0.05, 0) is 75.3 Å². The molecule has 4 aliphatic carbocycles. The van der Waals surface area contributed by atoms with Gasteiger partial charge in [0.05, 0.1) is 5.56 Å². The first kappa shape index (κ1) is 17.4. The molecule has 140 valence electrons. The van der Waals surface area contributed by atoms with Crippen molar-refractivity contribution in [3.63, 3.8) is 0 Å². The molecule has 1 N–H and O–H groups in total. The summed E-state index contributed by atoms with van der Waals surface area (Å²) in [5.41, 5.74) is -0.408. The molecule has 1 aromatic carbocycles. The molecule has 26 heavy (non-hydrogen) atoms. The van der Waals surface area contributed by atoms with Crippen LogP contribution in [0.1, 0.15) is 55.8 Å². The van der Waals surface area contributed by atoms with Crippen LogP contribution in [-0.2, 0) is 9.53 Å². The number of rotatable bonds is 4. The van der Waals surface area contributed by atoms with Crippen LogP contribution in [0.3, 0.4) is 0 Å². The predicted octanol–water partition coefficient (Wildman–Crippen LogP) is 3.60. The van der Waals surface area contributed by atoms with Crippen LogP contribution in [0.4, 0.5) is 8.78 Å². The molecule has 4 aliphatic rings. The molecule has 4 bridgehead atoms. The summed E-state index contributed by atoms with van der Waals surface area (Å²) >= 11 is 0. The molecule has 4 nitrogen and oxygen atoms in total. The lowest BCUT2D eigenvalue weighted by Crippen LogP contribution is -2.61. The summed E-state index contributed by atoms with van der Waals surface area (Å²) in [6.07, 6.45) is 5.80. The normalized spacial score (nSPS) is 33.0. The van der Waals surface area contributed by atoms with Crippen LogP contribution in [0.25, 0.3) is 0 Å². The molecule has 0 spiro atoms. The number of nitrogens with one attached hydrogen (secondary N) is 1. The quantitative estimate of drug-likeness (QED) is 0.832. The second kappa shape index (κ2) is 6.32. The molecule has 6 heteroatoms. The molecule has 4 fully saturated rings. The zero-order valence-electron chi connectivity index (χ0n) is 14.8. The molecule has 0 unspecified atom stereocenters. The van der Waals surface area contributed by atoms with Crippen molar-refractivity contribution in [1.29, 1.82) is 0 Å². The van der Waals surface area contributed by atoms with Crippen LogP contribution in [-0.4, -0.2) is 23.5 Å². The Morgan fingerprint density at radius 1 is 1.04 bits per heavy atom. The molecular formula is C20H23F2NO3. The molecule has 0 radical (unpaired) electrons. The lowest BCUT2D eigenvalue weighted by atomic mass is 9.53. The Bertz CT molecular complexity index is 693. The van der Waals surface area contributed by atoms with Gasteiger partial charge in [-0.25, -0.2) is 13.6 Å². The molecule has 1 aromatic rings. The summed E-state index contributed by atoms with van der Waals surface area (Å²) < 4.78 is 31.6. The molecule has 0 aromatic heterocycles. The van der Waals surface area contributed by atoms with Crippen molar-refractivity contribution in [3.05, 3.63) is 35.4 Å². The van der Waals surface area contributed by atoms with E-state index in [9.17, 15) is 18.4 Å². The van der Waals surface area contributed by atoms with Gasteiger partial charge >= 0.3 is 5.97 Å². The molecular weight excluding hydrogens is 340 g/mol.